The van der Waals surface area contributed by atoms with Gasteiger partial charge in [0, 0.05) is 19.1 Å². The molecule has 102 valence electrons. The van der Waals surface area contributed by atoms with Gasteiger partial charge in [-0.1, -0.05) is 6.92 Å². The van der Waals surface area contributed by atoms with Gasteiger partial charge in [0.25, 0.3) is 0 Å². The van der Waals surface area contributed by atoms with Gasteiger partial charge in [-0.15, -0.1) is 0 Å². The molecular formula is C15H25NO2. The molecule has 0 aliphatic heterocycles. The second-order valence-corrected chi connectivity index (χ2v) is 5.92. The first kappa shape index (κ1) is 13.6. The molecule has 2 rings (SSSR count). The third-order valence-corrected chi connectivity index (χ3v) is 3.54. The molecule has 2 atom stereocenters. The highest BCUT2D eigenvalue weighted by Gasteiger charge is 2.36. The number of ether oxygens (including phenoxy) is 1. The van der Waals surface area contributed by atoms with Crippen molar-refractivity contribution in [2.75, 3.05) is 13.2 Å². The first-order valence-electron chi connectivity index (χ1n) is 6.95. The smallest absolute Gasteiger partial charge is 0.117 e. The Morgan fingerprint density at radius 3 is 2.78 bits per heavy atom. The van der Waals surface area contributed by atoms with Gasteiger partial charge in [0.1, 0.15) is 11.5 Å². The van der Waals surface area contributed by atoms with Crippen LogP contribution < -0.4 is 5.32 Å². The lowest BCUT2D eigenvalue weighted by atomic mass is 10.1. The maximum Gasteiger partial charge on any atom is 0.117 e. The SMILES string of the molecule is CCOC(C)(C)CNCc1ccc(C2CC2C)o1. The molecule has 3 heteroatoms. The Kier molecular flexibility index (Phi) is 4.13. The summed E-state index contributed by atoms with van der Waals surface area (Å²) in [5.41, 5.74) is -0.116. The van der Waals surface area contributed by atoms with E-state index in [-0.39, 0.29) is 5.60 Å². The Balaban J connectivity index is 1.75. The fraction of sp³-hybridized carbons (Fsp3) is 0.733. The van der Waals surface area contributed by atoms with Gasteiger partial charge in [-0.2, -0.15) is 0 Å². The van der Waals surface area contributed by atoms with Crippen LogP contribution in [-0.2, 0) is 11.3 Å². The van der Waals surface area contributed by atoms with Gasteiger partial charge in [-0.25, -0.2) is 0 Å². The average Bonchev–Trinajstić information content (AvgIpc) is 2.84. The van der Waals surface area contributed by atoms with Crippen LogP contribution in [0.4, 0.5) is 0 Å². The van der Waals surface area contributed by atoms with E-state index in [1.807, 2.05) is 6.92 Å². The zero-order valence-corrected chi connectivity index (χ0v) is 12.0. The second-order valence-electron chi connectivity index (χ2n) is 5.92. The Bertz CT molecular complexity index is 384. The fourth-order valence-corrected chi connectivity index (χ4v) is 2.34. The summed E-state index contributed by atoms with van der Waals surface area (Å²) in [4.78, 5) is 0. The highest BCUT2D eigenvalue weighted by atomic mass is 16.5. The van der Waals surface area contributed by atoms with Crippen LogP contribution in [0, 0.1) is 5.92 Å². The van der Waals surface area contributed by atoms with Crippen molar-refractivity contribution < 1.29 is 9.15 Å². The van der Waals surface area contributed by atoms with Crippen molar-refractivity contribution in [3.63, 3.8) is 0 Å². The summed E-state index contributed by atoms with van der Waals surface area (Å²) in [6, 6.07) is 4.21. The van der Waals surface area contributed by atoms with E-state index >= 15 is 0 Å². The van der Waals surface area contributed by atoms with Crippen LogP contribution >= 0.6 is 0 Å². The summed E-state index contributed by atoms with van der Waals surface area (Å²) in [7, 11) is 0. The van der Waals surface area contributed by atoms with Crippen molar-refractivity contribution in [3.05, 3.63) is 23.7 Å². The van der Waals surface area contributed by atoms with Crippen molar-refractivity contribution in [2.45, 2.75) is 52.2 Å². The first-order chi connectivity index (χ1) is 8.52. The van der Waals surface area contributed by atoms with E-state index in [4.69, 9.17) is 9.15 Å². The van der Waals surface area contributed by atoms with E-state index in [0.29, 0.717) is 5.92 Å². The number of furan rings is 1. The second kappa shape index (κ2) is 5.45. The minimum absolute atomic E-state index is 0.116. The lowest BCUT2D eigenvalue weighted by Gasteiger charge is -2.24. The Morgan fingerprint density at radius 2 is 2.17 bits per heavy atom. The van der Waals surface area contributed by atoms with E-state index in [0.717, 1.165) is 37.1 Å². The van der Waals surface area contributed by atoms with Crippen LogP contribution in [0.5, 0.6) is 0 Å². The molecule has 2 unspecified atom stereocenters. The van der Waals surface area contributed by atoms with Gasteiger partial charge >= 0.3 is 0 Å². The van der Waals surface area contributed by atoms with E-state index in [2.05, 4.69) is 38.2 Å². The lowest BCUT2D eigenvalue weighted by Crippen LogP contribution is -2.37. The summed E-state index contributed by atoms with van der Waals surface area (Å²) in [6.45, 7) is 10.9. The summed E-state index contributed by atoms with van der Waals surface area (Å²) >= 11 is 0. The van der Waals surface area contributed by atoms with Crippen LogP contribution in [0.15, 0.2) is 16.5 Å². The molecule has 1 fully saturated rings. The standard InChI is InChI=1S/C15H25NO2/c1-5-17-15(3,4)10-16-9-12-6-7-14(18-12)13-8-11(13)2/h6-7,11,13,16H,5,8-10H2,1-4H3. The monoisotopic (exact) mass is 251 g/mol. The van der Waals surface area contributed by atoms with Gasteiger partial charge < -0.3 is 14.5 Å². The fourth-order valence-electron chi connectivity index (χ4n) is 2.34. The zero-order chi connectivity index (χ0) is 13.2. The van der Waals surface area contributed by atoms with Crippen LogP contribution in [0.2, 0.25) is 0 Å². The van der Waals surface area contributed by atoms with Gasteiger partial charge in [-0.3, -0.25) is 0 Å². The molecule has 18 heavy (non-hydrogen) atoms. The van der Waals surface area contributed by atoms with Gasteiger partial charge in [0.05, 0.1) is 12.1 Å². The van der Waals surface area contributed by atoms with Crippen LogP contribution in [0.25, 0.3) is 0 Å². The molecule has 0 saturated heterocycles. The quantitative estimate of drug-likeness (QED) is 0.807. The summed E-state index contributed by atoms with van der Waals surface area (Å²) in [5, 5.41) is 3.39. The molecule has 1 aromatic heterocycles. The first-order valence-corrected chi connectivity index (χ1v) is 6.95. The average molecular weight is 251 g/mol. The summed E-state index contributed by atoms with van der Waals surface area (Å²) < 4.78 is 11.5. The zero-order valence-electron chi connectivity index (χ0n) is 12.0. The van der Waals surface area contributed by atoms with Crippen molar-refractivity contribution in [3.8, 4) is 0 Å². The summed E-state index contributed by atoms with van der Waals surface area (Å²) in [6.07, 6.45) is 1.28. The van der Waals surface area contributed by atoms with Crippen molar-refractivity contribution in [1.82, 2.24) is 5.32 Å². The van der Waals surface area contributed by atoms with Crippen molar-refractivity contribution >= 4 is 0 Å². The highest BCUT2D eigenvalue weighted by molar-refractivity contribution is 5.17. The molecule has 1 aliphatic rings. The summed E-state index contributed by atoms with van der Waals surface area (Å²) in [5.74, 6) is 3.65. The van der Waals surface area contributed by atoms with E-state index in [1.54, 1.807) is 0 Å². The molecule has 0 amide bonds. The molecule has 0 bridgehead atoms. The molecule has 0 aromatic carbocycles. The highest BCUT2D eigenvalue weighted by Crippen LogP contribution is 2.47. The van der Waals surface area contributed by atoms with E-state index in [9.17, 15) is 0 Å². The number of hydrogen-bond acceptors (Lipinski definition) is 3. The van der Waals surface area contributed by atoms with Gasteiger partial charge in [-0.05, 0) is 45.2 Å². The molecule has 1 aromatic rings. The third kappa shape index (κ3) is 3.59. The lowest BCUT2D eigenvalue weighted by molar-refractivity contribution is -0.00920. The molecule has 3 nitrogen and oxygen atoms in total. The normalized spacial score (nSPS) is 23.3. The molecule has 0 spiro atoms. The Labute approximate surface area is 110 Å². The van der Waals surface area contributed by atoms with E-state index < -0.39 is 0 Å². The predicted octanol–water partition coefficient (Wildman–Crippen LogP) is 3.31. The molecule has 0 radical (unpaired) electrons. The maximum atomic E-state index is 5.85. The van der Waals surface area contributed by atoms with Crippen LogP contribution in [0.1, 0.15) is 51.6 Å². The molecular weight excluding hydrogens is 226 g/mol. The number of nitrogens with one attached hydrogen (secondary N) is 1. The minimum atomic E-state index is -0.116. The predicted molar refractivity (Wildman–Crippen MR) is 72.6 cm³/mol. The number of hydrogen-bond donors (Lipinski definition) is 1. The third-order valence-electron chi connectivity index (χ3n) is 3.54. The largest absolute Gasteiger partial charge is 0.464 e. The Hall–Kier alpha value is -0.800. The van der Waals surface area contributed by atoms with Gasteiger partial charge in [0.15, 0.2) is 0 Å². The van der Waals surface area contributed by atoms with Gasteiger partial charge in [0.2, 0.25) is 0 Å². The Morgan fingerprint density at radius 1 is 1.44 bits per heavy atom. The molecule has 1 saturated carbocycles. The molecule has 1 N–H and O–H groups in total. The van der Waals surface area contributed by atoms with Crippen LogP contribution in [-0.4, -0.2) is 18.8 Å². The molecule has 1 aliphatic carbocycles. The van der Waals surface area contributed by atoms with Crippen LogP contribution in [0.3, 0.4) is 0 Å². The van der Waals surface area contributed by atoms with Crippen molar-refractivity contribution in [1.29, 1.82) is 0 Å². The molecule has 1 heterocycles. The topological polar surface area (TPSA) is 34.4 Å². The van der Waals surface area contributed by atoms with Crippen molar-refractivity contribution in [2.24, 2.45) is 5.92 Å². The van der Waals surface area contributed by atoms with E-state index in [1.165, 1.54) is 6.42 Å². The minimum Gasteiger partial charge on any atom is -0.464 e. The number of rotatable bonds is 7. The maximum absolute atomic E-state index is 5.85.